The summed E-state index contributed by atoms with van der Waals surface area (Å²) in [4.78, 5) is 28.3. The zero-order chi connectivity index (χ0) is 26.3. The third-order valence-electron chi connectivity index (χ3n) is 7.39. The van der Waals surface area contributed by atoms with Crippen LogP contribution in [0.1, 0.15) is 27.0 Å². The average Bonchev–Trinajstić information content (AvgIpc) is 3.21. The van der Waals surface area contributed by atoms with Gasteiger partial charge in [-0.05, 0) is 42.0 Å². The first-order chi connectivity index (χ1) is 18.4. The molecule has 7 nitrogen and oxygen atoms in total. The number of rotatable bonds is 6. The van der Waals surface area contributed by atoms with Gasteiger partial charge in [0.05, 0.1) is 10.6 Å². The minimum absolute atomic E-state index is 0.0965. The summed E-state index contributed by atoms with van der Waals surface area (Å²) in [7, 11) is -3.78. The van der Waals surface area contributed by atoms with Crippen molar-refractivity contribution < 1.29 is 22.7 Å². The molecule has 6 rings (SSSR count). The van der Waals surface area contributed by atoms with Crippen molar-refractivity contribution in [3.8, 4) is 0 Å². The Labute approximate surface area is 222 Å². The minimum atomic E-state index is -3.78. The van der Waals surface area contributed by atoms with Crippen LogP contribution in [-0.4, -0.2) is 45.6 Å². The van der Waals surface area contributed by atoms with Crippen LogP contribution in [0.5, 0.6) is 0 Å². The maximum atomic E-state index is 13.3. The van der Waals surface area contributed by atoms with Gasteiger partial charge in [-0.1, -0.05) is 60.7 Å². The molecule has 3 aromatic carbocycles. The molecule has 2 aliphatic heterocycles. The summed E-state index contributed by atoms with van der Waals surface area (Å²) in [5, 5.41) is 0. The molecule has 0 bridgehead atoms. The number of nitrogens with zero attached hydrogens (tertiary/aromatic N) is 2. The van der Waals surface area contributed by atoms with Gasteiger partial charge in [0, 0.05) is 41.9 Å². The largest absolute Gasteiger partial charge is 0.469 e. The van der Waals surface area contributed by atoms with Crippen molar-refractivity contribution >= 4 is 39.8 Å². The molecule has 3 aromatic rings. The van der Waals surface area contributed by atoms with Gasteiger partial charge in [0.25, 0.3) is 22.6 Å². The van der Waals surface area contributed by atoms with E-state index in [0.717, 1.165) is 16.8 Å². The standard InChI is InChI=1S/C29H25BN2O5S/c33-28-22(18-24-27-23(28)10-6-12-26(27)38(35,36)31-24)17-21-9-4-5-11-25(21)32-15-13-30(14-16-32)29(34)37-19-20-7-2-1-3-8-20/h1-12,18H,13-17,19H2. The maximum Gasteiger partial charge on any atom is 0.283 e. The lowest BCUT2D eigenvalue weighted by Gasteiger charge is -2.33. The van der Waals surface area contributed by atoms with E-state index in [0.29, 0.717) is 54.6 Å². The first kappa shape index (κ1) is 24.4. The topological polar surface area (TPSA) is 93.1 Å². The van der Waals surface area contributed by atoms with Crippen molar-refractivity contribution in [1.82, 2.24) is 0 Å². The van der Waals surface area contributed by atoms with Crippen molar-refractivity contribution in [1.29, 1.82) is 0 Å². The normalized spacial score (nSPS) is 17.5. The molecular formula is C29H25BN2O5S. The number of benzene rings is 3. The molecular weight excluding hydrogens is 499 g/mol. The van der Waals surface area contributed by atoms with Crippen LogP contribution in [0.2, 0.25) is 12.6 Å². The van der Waals surface area contributed by atoms with Gasteiger partial charge in [0.2, 0.25) is 0 Å². The van der Waals surface area contributed by atoms with Crippen molar-refractivity contribution in [3.63, 3.8) is 0 Å². The minimum Gasteiger partial charge on any atom is -0.469 e. The molecule has 2 heterocycles. The summed E-state index contributed by atoms with van der Waals surface area (Å²) < 4.78 is 34.4. The lowest BCUT2D eigenvalue weighted by molar-refractivity contribution is 0.103. The van der Waals surface area contributed by atoms with E-state index >= 15 is 0 Å². The molecule has 1 aliphatic carbocycles. The highest BCUT2D eigenvalue weighted by molar-refractivity contribution is 7.90. The molecule has 1 saturated heterocycles. The van der Waals surface area contributed by atoms with Crippen LogP contribution in [-0.2, 0) is 27.8 Å². The van der Waals surface area contributed by atoms with Crippen LogP contribution in [0.3, 0.4) is 0 Å². The Morgan fingerprint density at radius 1 is 0.947 bits per heavy atom. The quantitative estimate of drug-likeness (QED) is 0.431. The van der Waals surface area contributed by atoms with Crippen molar-refractivity contribution in [2.75, 3.05) is 18.0 Å². The second-order valence-corrected chi connectivity index (χ2v) is 11.4. The molecule has 0 atom stereocenters. The third-order valence-corrected chi connectivity index (χ3v) is 8.72. The molecule has 0 spiro atoms. The second-order valence-electron chi connectivity index (χ2n) is 9.79. The molecule has 0 saturated carbocycles. The Bertz CT molecular complexity index is 1610. The van der Waals surface area contributed by atoms with Crippen LogP contribution >= 0.6 is 0 Å². The Kier molecular flexibility index (Phi) is 6.23. The van der Waals surface area contributed by atoms with Crippen LogP contribution < -0.4 is 4.90 Å². The van der Waals surface area contributed by atoms with E-state index < -0.39 is 10.0 Å². The third kappa shape index (κ3) is 4.47. The molecule has 0 radical (unpaired) electrons. The van der Waals surface area contributed by atoms with E-state index in [4.69, 9.17) is 4.74 Å². The van der Waals surface area contributed by atoms with Gasteiger partial charge in [-0.15, -0.1) is 0 Å². The first-order valence-corrected chi connectivity index (χ1v) is 14.1. The number of para-hydroxylation sites is 1. The molecule has 190 valence electrons. The highest BCUT2D eigenvalue weighted by Gasteiger charge is 2.36. The van der Waals surface area contributed by atoms with E-state index in [2.05, 4.69) is 9.30 Å². The monoisotopic (exact) mass is 524 g/mol. The van der Waals surface area contributed by atoms with Gasteiger partial charge in [-0.3, -0.25) is 9.59 Å². The molecule has 1 fully saturated rings. The number of ketones is 1. The van der Waals surface area contributed by atoms with Gasteiger partial charge in [-0.2, -0.15) is 12.8 Å². The molecule has 0 aromatic heterocycles. The Morgan fingerprint density at radius 2 is 1.68 bits per heavy atom. The number of carbonyl (C=O) groups is 2. The van der Waals surface area contributed by atoms with E-state index in [1.165, 1.54) is 6.07 Å². The van der Waals surface area contributed by atoms with Crippen LogP contribution in [0.15, 0.2) is 93.7 Å². The fraction of sp³-hybridized carbons (Fsp3) is 0.207. The van der Waals surface area contributed by atoms with Crippen molar-refractivity contribution in [2.24, 2.45) is 4.40 Å². The number of allylic oxidation sites excluding steroid dienone is 2. The smallest absolute Gasteiger partial charge is 0.283 e. The average molecular weight is 524 g/mol. The SMILES string of the molecule is O=C(OCc1ccccc1)B1CCN(c2ccccc2CC2=CC3=NS(=O)(=O)c4cccc(c43)C2=O)CC1. The van der Waals surface area contributed by atoms with Crippen molar-refractivity contribution in [2.45, 2.75) is 30.6 Å². The molecule has 0 unspecified atom stereocenters. The number of sulfonamides is 1. The molecule has 0 N–H and O–H groups in total. The van der Waals surface area contributed by atoms with E-state index in [1.54, 1.807) is 18.2 Å². The number of Topliss-reactive ketones (excluding diaryl/α,β-unsaturated/α-hetero) is 1. The molecule has 3 aliphatic rings. The molecule has 0 amide bonds. The van der Waals surface area contributed by atoms with Crippen LogP contribution in [0.25, 0.3) is 0 Å². The fourth-order valence-corrected chi connectivity index (χ4v) is 6.66. The number of ether oxygens (including phenoxy) is 1. The summed E-state index contributed by atoms with van der Waals surface area (Å²) in [6.07, 6.45) is 3.35. The molecule has 38 heavy (non-hydrogen) atoms. The lowest BCUT2D eigenvalue weighted by atomic mass is 9.43. The summed E-state index contributed by atoms with van der Waals surface area (Å²) >= 11 is 0. The van der Waals surface area contributed by atoms with Crippen LogP contribution in [0, 0.1) is 0 Å². The van der Waals surface area contributed by atoms with Gasteiger partial charge in [0.15, 0.2) is 5.78 Å². The van der Waals surface area contributed by atoms with Crippen molar-refractivity contribution in [3.05, 3.63) is 107 Å². The highest BCUT2D eigenvalue weighted by Crippen LogP contribution is 2.36. The van der Waals surface area contributed by atoms with E-state index in [-0.39, 0.29) is 29.9 Å². The highest BCUT2D eigenvalue weighted by atomic mass is 32.2. The predicted molar refractivity (Wildman–Crippen MR) is 147 cm³/mol. The van der Waals surface area contributed by atoms with Gasteiger partial charge in [0.1, 0.15) is 6.61 Å². The maximum absolute atomic E-state index is 13.3. The zero-order valence-electron chi connectivity index (χ0n) is 20.7. The first-order valence-electron chi connectivity index (χ1n) is 12.7. The zero-order valence-corrected chi connectivity index (χ0v) is 21.5. The number of hydrogen-bond acceptors (Lipinski definition) is 6. The van der Waals surface area contributed by atoms with Crippen LogP contribution in [0.4, 0.5) is 10.5 Å². The fourth-order valence-electron chi connectivity index (χ4n) is 5.43. The molecule has 9 heteroatoms. The van der Waals surface area contributed by atoms with Gasteiger partial charge in [-0.25, -0.2) is 0 Å². The van der Waals surface area contributed by atoms with E-state index in [9.17, 15) is 18.0 Å². The number of hydrogen-bond donors (Lipinski definition) is 0. The van der Waals surface area contributed by atoms with Gasteiger partial charge >= 0.3 is 0 Å². The lowest BCUT2D eigenvalue weighted by Crippen LogP contribution is -2.42. The summed E-state index contributed by atoms with van der Waals surface area (Å²) in [6.45, 7) is 1.54. The summed E-state index contributed by atoms with van der Waals surface area (Å²) in [6, 6.07) is 22.3. The summed E-state index contributed by atoms with van der Waals surface area (Å²) in [5.74, 6) is -0.336. The van der Waals surface area contributed by atoms with Gasteiger partial charge < -0.3 is 9.64 Å². The second kappa shape index (κ2) is 9.72. The Hall–Kier alpha value is -3.98. The number of anilines is 1. The predicted octanol–water partition coefficient (Wildman–Crippen LogP) is 4.78. The van der Waals surface area contributed by atoms with E-state index in [1.807, 2.05) is 54.6 Å². The Morgan fingerprint density at radius 3 is 2.47 bits per heavy atom. The Balaban J connectivity index is 1.16. The summed E-state index contributed by atoms with van der Waals surface area (Å²) in [5.41, 5.74) is 4.59. The number of carbonyl (C=O) groups excluding carboxylic acids is 2.